The molecule has 1 atom stereocenters. The van der Waals surface area contributed by atoms with E-state index in [1.165, 1.54) is 0 Å². The molecule has 0 spiro atoms. The van der Waals surface area contributed by atoms with Crippen molar-refractivity contribution in [2.45, 2.75) is 38.6 Å². The maximum Gasteiger partial charge on any atom is 0.220 e. The van der Waals surface area contributed by atoms with Crippen LogP contribution in [0.4, 0.5) is 5.82 Å². The van der Waals surface area contributed by atoms with Crippen LogP contribution in [0.2, 0.25) is 0 Å². The second kappa shape index (κ2) is 9.25. The Balaban J connectivity index is 1.32. The molecule has 4 rings (SSSR count). The Labute approximate surface area is 176 Å². The van der Waals surface area contributed by atoms with E-state index in [-0.39, 0.29) is 11.9 Å². The third kappa shape index (κ3) is 4.96. The summed E-state index contributed by atoms with van der Waals surface area (Å²) < 4.78 is 7.11. The topological polar surface area (TPSA) is 91.8 Å². The number of piperazine rings is 1. The molecule has 1 aliphatic rings. The highest BCUT2D eigenvalue weighted by Crippen LogP contribution is 2.15. The maximum atomic E-state index is 12.4. The van der Waals surface area contributed by atoms with E-state index in [1.54, 1.807) is 10.8 Å². The first-order chi connectivity index (χ1) is 14.6. The number of rotatable bonds is 8. The summed E-state index contributed by atoms with van der Waals surface area (Å²) in [5.74, 6) is 2.58. The van der Waals surface area contributed by atoms with E-state index in [0.29, 0.717) is 24.3 Å². The zero-order valence-electron chi connectivity index (χ0n) is 17.6. The summed E-state index contributed by atoms with van der Waals surface area (Å²) in [6, 6.07) is 7.85. The lowest BCUT2D eigenvalue weighted by molar-refractivity contribution is -0.121. The molecule has 9 nitrogen and oxygen atoms in total. The van der Waals surface area contributed by atoms with Gasteiger partial charge in [0.25, 0.3) is 0 Å². The van der Waals surface area contributed by atoms with E-state index >= 15 is 0 Å². The van der Waals surface area contributed by atoms with Crippen LogP contribution in [-0.2, 0) is 17.6 Å². The second-order valence-corrected chi connectivity index (χ2v) is 7.95. The lowest BCUT2D eigenvalue weighted by Crippen LogP contribution is -2.45. The second-order valence-electron chi connectivity index (χ2n) is 7.95. The smallest absolute Gasteiger partial charge is 0.220 e. The summed E-state index contributed by atoms with van der Waals surface area (Å²) in [6.45, 7) is 5.95. The van der Waals surface area contributed by atoms with Crippen molar-refractivity contribution >= 4 is 17.4 Å². The summed E-state index contributed by atoms with van der Waals surface area (Å²) in [6.07, 6.45) is 4.17. The van der Waals surface area contributed by atoms with Crippen LogP contribution < -0.4 is 10.2 Å². The molecule has 1 unspecified atom stereocenters. The fourth-order valence-electron chi connectivity index (χ4n) is 3.64. The molecule has 1 fully saturated rings. The van der Waals surface area contributed by atoms with E-state index in [1.807, 2.05) is 31.2 Å². The van der Waals surface area contributed by atoms with Gasteiger partial charge in [0.05, 0.1) is 6.26 Å². The van der Waals surface area contributed by atoms with Crippen molar-refractivity contribution in [3.63, 3.8) is 0 Å². The fraction of sp³-hybridized carbons (Fsp3) is 0.524. The molecule has 1 saturated heterocycles. The van der Waals surface area contributed by atoms with Crippen LogP contribution >= 0.6 is 0 Å². The highest BCUT2D eigenvalue weighted by atomic mass is 16.3. The molecular weight excluding hydrogens is 382 g/mol. The number of hydrogen-bond donors (Lipinski definition) is 1. The molecule has 0 aromatic carbocycles. The van der Waals surface area contributed by atoms with Crippen molar-refractivity contribution in [1.29, 1.82) is 0 Å². The standard InChI is InChI=1S/C21H29N7O2/c1-16(5-6-17-4-3-15-30-17)22-21(29)10-9-19-24-23-18-7-8-20(25-28(18)19)27-13-11-26(2)12-14-27/h3-4,7-8,15-16H,5-6,9-14H2,1-2H3,(H,22,29). The lowest BCUT2D eigenvalue weighted by atomic mass is 10.1. The third-order valence-corrected chi connectivity index (χ3v) is 5.53. The van der Waals surface area contributed by atoms with E-state index in [2.05, 4.69) is 32.4 Å². The minimum absolute atomic E-state index is 0.00826. The van der Waals surface area contributed by atoms with Gasteiger partial charge in [0, 0.05) is 51.5 Å². The number of aryl methyl sites for hydroxylation is 2. The number of carbonyl (C=O) groups excluding carboxylic acids is 1. The Morgan fingerprint density at radius 1 is 1.17 bits per heavy atom. The summed E-state index contributed by atoms with van der Waals surface area (Å²) in [7, 11) is 2.13. The van der Waals surface area contributed by atoms with E-state index in [0.717, 1.165) is 50.6 Å². The molecule has 0 saturated carbocycles. The number of amides is 1. The summed E-state index contributed by atoms with van der Waals surface area (Å²) >= 11 is 0. The van der Waals surface area contributed by atoms with Gasteiger partial charge in [-0.3, -0.25) is 4.79 Å². The Hall–Kier alpha value is -2.94. The minimum Gasteiger partial charge on any atom is -0.469 e. The predicted octanol–water partition coefficient (Wildman–Crippen LogP) is 1.54. The monoisotopic (exact) mass is 411 g/mol. The number of carbonyl (C=O) groups is 1. The molecule has 0 bridgehead atoms. The molecule has 3 aromatic heterocycles. The van der Waals surface area contributed by atoms with Crippen LogP contribution in [0.5, 0.6) is 0 Å². The Bertz CT molecular complexity index is 961. The Morgan fingerprint density at radius 2 is 2.00 bits per heavy atom. The molecule has 1 N–H and O–H groups in total. The molecule has 160 valence electrons. The third-order valence-electron chi connectivity index (χ3n) is 5.53. The first-order valence-electron chi connectivity index (χ1n) is 10.5. The maximum absolute atomic E-state index is 12.4. The van der Waals surface area contributed by atoms with Crippen LogP contribution in [0.15, 0.2) is 34.9 Å². The molecule has 9 heteroatoms. The average Bonchev–Trinajstić information content (AvgIpc) is 3.41. The van der Waals surface area contributed by atoms with Crippen molar-refractivity contribution in [2.24, 2.45) is 0 Å². The number of fused-ring (bicyclic) bond motifs is 1. The summed E-state index contributed by atoms with van der Waals surface area (Å²) in [5, 5.41) is 16.2. The zero-order valence-corrected chi connectivity index (χ0v) is 17.6. The number of likely N-dealkylation sites (N-methyl/N-ethyl adjacent to an activating group) is 1. The molecule has 0 aliphatic carbocycles. The normalized spacial score (nSPS) is 16.1. The number of nitrogens with one attached hydrogen (secondary N) is 1. The number of hydrogen-bond acceptors (Lipinski definition) is 7. The van der Waals surface area contributed by atoms with Gasteiger partial charge in [0.1, 0.15) is 11.6 Å². The first kappa shape index (κ1) is 20.3. The summed E-state index contributed by atoms with van der Waals surface area (Å²) in [4.78, 5) is 17.0. The van der Waals surface area contributed by atoms with Crippen molar-refractivity contribution in [3.05, 3.63) is 42.1 Å². The molecular formula is C21H29N7O2. The van der Waals surface area contributed by atoms with E-state index in [4.69, 9.17) is 9.52 Å². The molecule has 0 radical (unpaired) electrons. The van der Waals surface area contributed by atoms with Gasteiger partial charge in [-0.2, -0.15) is 4.52 Å². The van der Waals surface area contributed by atoms with Crippen molar-refractivity contribution in [2.75, 3.05) is 38.1 Å². The van der Waals surface area contributed by atoms with Crippen LogP contribution in [0.25, 0.3) is 5.65 Å². The minimum atomic E-state index is 0.00826. The van der Waals surface area contributed by atoms with Crippen molar-refractivity contribution in [1.82, 2.24) is 30.0 Å². The lowest BCUT2D eigenvalue weighted by Gasteiger charge is -2.33. The Kier molecular flexibility index (Phi) is 6.27. The van der Waals surface area contributed by atoms with Gasteiger partial charge in [-0.05, 0) is 44.7 Å². The van der Waals surface area contributed by atoms with E-state index < -0.39 is 0 Å². The van der Waals surface area contributed by atoms with Gasteiger partial charge in [0.15, 0.2) is 11.5 Å². The zero-order chi connectivity index (χ0) is 20.9. The predicted molar refractivity (Wildman–Crippen MR) is 113 cm³/mol. The van der Waals surface area contributed by atoms with Crippen LogP contribution in [-0.4, -0.2) is 69.9 Å². The first-order valence-corrected chi connectivity index (χ1v) is 10.5. The molecule has 1 aliphatic heterocycles. The fourth-order valence-corrected chi connectivity index (χ4v) is 3.64. The molecule has 3 aromatic rings. The van der Waals surface area contributed by atoms with Gasteiger partial charge in [-0.25, -0.2) is 0 Å². The Morgan fingerprint density at radius 3 is 2.77 bits per heavy atom. The highest BCUT2D eigenvalue weighted by Gasteiger charge is 2.17. The number of nitrogens with zero attached hydrogens (tertiary/aromatic N) is 6. The number of aromatic nitrogens is 4. The number of furan rings is 1. The van der Waals surface area contributed by atoms with Crippen molar-refractivity contribution in [3.8, 4) is 0 Å². The van der Waals surface area contributed by atoms with Crippen LogP contribution in [0, 0.1) is 0 Å². The van der Waals surface area contributed by atoms with E-state index in [9.17, 15) is 4.79 Å². The van der Waals surface area contributed by atoms with Gasteiger partial charge in [-0.15, -0.1) is 15.3 Å². The quantitative estimate of drug-likeness (QED) is 0.601. The SMILES string of the molecule is CC(CCc1ccco1)NC(=O)CCc1nnc2ccc(N3CCN(C)CC3)nn12. The van der Waals surface area contributed by atoms with Gasteiger partial charge >= 0.3 is 0 Å². The van der Waals surface area contributed by atoms with Crippen molar-refractivity contribution < 1.29 is 9.21 Å². The van der Waals surface area contributed by atoms with Crippen LogP contribution in [0.1, 0.15) is 31.4 Å². The molecule has 30 heavy (non-hydrogen) atoms. The summed E-state index contributed by atoms with van der Waals surface area (Å²) in [5.41, 5.74) is 0.704. The van der Waals surface area contributed by atoms with Crippen LogP contribution in [0.3, 0.4) is 0 Å². The highest BCUT2D eigenvalue weighted by molar-refractivity contribution is 5.76. The van der Waals surface area contributed by atoms with Gasteiger partial charge in [-0.1, -0.05) is 0 Å². The average molecular weight is 412 g/mol. The van der Waals surface area contributed by atoms with Gasteiger partial charge < -0.3 is 19.5 Å². The molecule has 1 amide bonds. The number of anilines is 1. The largest absolute Gasteiger partial charge is 0.469 e. The molecule has 4 heterocycles. The van der Waals surface area contributed by atoms with Gasteiger partial charge in [0.2, 0.25) is 5.91 Å².